The number of rotatable bonds is 2. The van der Waals surface area contributed by atoms with Crippen LogP contribution in [0.2, 0.25) is 0 Å². The first kappa shape index (κ1) is 17.6. The highest BCUT2D eigenvalue weighted by molar-refractivity contribution is 7.90. The van der Waals surface area contributed by atoms with Gasteiger partial charge in [0, 0.05) is 48.7 Å². The fourth-order valence-electron chi connectivity index (χ4n) is 3.78. The van der Waals surface area contributed by atoms with Crippen molar-refractivity contribution in [3.05, 3.63) is 17.5 Å². The van der Waals surface area contributed by atoms with E-state index in [1.807, 2.05) is 34.0 Å². The molecule has 2 heterocycles. The fourth-order valence-corrected chi connectivity index (χ4v) is 4.72. The molecule has 0 bridgehead atoms. The largest absolute Gasteiger partial charge is 0.598 e. The summed E-state index contributed by atoms with van der Waals surface area (Å²) in [5.41, 5.74) is 2.06. The van der Waals surface area contributed by atoms with E-state index >= 15 is 0 Å². The summed E-state index contributed by atoms with van der Waals surface area (Å²) in [6.45, 7) is 6.90. The number of likely N-dealkylation sites (tertiary alicyclic amines) is 1. The van der Waals surface area contributed by atoms with Crippen molar-refractivity contribution in [3.63, 3.8) is 0 Å². The van der Waals surface area contributed by atoms with E-state index in [4.69, 9.17) is 0 Å². The first-order chi connectivity index (χ1) is 11.1. The summed E-state index contributed by atoms with van der Waals surface area (Å²) in [5, 5.41) is 13.8. The lowest BCUT2D eigenvalue weighted by molar-refractivity contribution is 0.0757. The number of hydrogen-bond donors (Lipinski definition) is 2. The lowest BCUT2D eigenvalue weighted by Gasteiger charge is -2.43. The van der Waals surface area contributed by atoms with Gasteiger partial charge in [0.05, 0.1) is 11.7 Å². The Morgan fingerprint density at radius 1 is 1.46 bits per heavy atom. The Bertz CT molecular complexity index is 632. The van der Waals surface area contributed by atoms with Gasteiger partial charge in [-0.05, 0) is 40.0 Å². The molecule has 1 aliphatic heterocycles. The maximum atomic E-state index is 12.7. The van der Waals surface area contributed by atoms with Gasteiger partial charge in [-0.2, -0.15) is 5.10 Å². The van der Waals surface area contributed by atoms with E-state index in [0.717, 1.165) is 30.5 Å². The number of carbonyl (C=O) groups is 1. The molecule has 3 rings (SSSR count). The molecule has 0 aromatic carbocycles. The number of nitrogens with zero attached hydrogens (tertiary/aromatic N) is 3. The molecule has 2 atom stereocenters. The topological polar surface area (TPSA) is 93.5 Å². The van der Waals surface area contributed by atoms with Crippen molar-refractivity contribution >= 4 is 17.5 Å². The predicted molar refractivity (Wildman–Crippen MR) is 91.9 cm³/mol. The molecule has 24 heavy (non-hydrogen) atoms. The van der Waals surface area contributed by atoms with Crippen LogP contribution in [-0.4, -0.2) is 48.3 Å². The Morgan fingerprint density at radius 2 is 2.08 bits per heavy atom. The number of amides is 1. The number of aromatic nitrogens is 2. The lowest BCUT2D eigenvalue weighted by atomic mass is 9.73. The average molecular weight is 354 g/mol. The number of fused-ring (bicyclic) bond motifs is 1. The summed E-state index contributed by atoms with van der Waals surface area (Å²) in [5.74, 6) is 0. The lowest BCUT2D eigenvalue weighted by Crippen LogP contribution is -2.50. The van der Waals surface area contributed by atoms with Gasteiger partial charge in [-0.3, -0.25) is 4.68 Å². The molecule has 7 nitrogen and oxygen atoms in total. The van der Waals surface area contributed by atoms with Crippen molar-refractivity contribution in [3.8, 4) is 0 Å². The average Bonchev–Trinajstić information content (AvgIpc) is 2.94. The summed E-state index contributed by atoms with van der Waals surface area (Å²) in [7, 11) is 1.90. The van der Waals surface area contributed by atoms with Crippen LogP contribution in [0, 0.1) is 5.41 Å². The molecule has 8 heteroatoms. The van der Waals surface area contributed by atoms with Gasteiger partial charge >= 0.3 is 6.09 Å². The molecule has 1 saturated heterocycles. The van der Waals surface area contributed by atoms with E-state index in [0.29, 0.717) is 13.1 Å². The molecule has 1 aromatic heterocycles. The zero-order chi connectivity index (χ0) is 17.7. The van der Waals surface area contributed by atoms with Crippen LogP contribution in [0.25, 0.3) is 0 Å². The highest BCUT2D eigenvalue weighted by Crippen LogP contribution is 2.52. The van der Waals surface area contributed by atoms with E-state index in [2.05, 4.69) is 9.82 Å². The van der Waals surface area contributed by atoms with Gasteiger partial charge in [0.2, 0.25) is 0 Å². The molecule has 0 saturated carbocycles. The summed E-state index contributed by atoms with van der Waals surface area (Å²) in [6, 6.07) is -0.0443. The third kappa shape index (κ3) is 3.02. The van der Waals surface area contributed by atoms with Crippen LogP contribution in [0.5, 0.6) is 0 Å². The molecule has 0 radical (unpaired) electrons. The number of carboxylic acid groups (broad SMARTS) is 1. The molecule has 2 aliphatic rings. The number of piperidine rings is 1. The first-order valence-electron chi connectivity index (χ1n) is 8.31. The third-order valence-corrected chi connectivity index (χ3v) is 6.75. The molecule has 134 valence electrons. The Balaban J connectivity index is 1.86. The van der Waals surface area contributed by atoms with Gasteiger partial charge in [0.15, 0.2) is 0 Å². The van der Waals surface area contributed by atoms with Crippen LogP contribution < -0.4 is 4.72 Å². The molecule has 1 aliphatic carbocycles. The SMILES string of the molecule is Cn1cc2c(n1)CC1(CCN(C(=O)O)CC1)[C@@H]2N[S@+]([O-])C(C)(C)C. The van der Waals surface area contributed by atoms with Gasteiger partial charge in [-0.1, -0.05) is 0 Å². The van der Waals surface area contributed by atoms with Crippen LogP contribution in [0.3, 0.4) is 0 Å². The van der Waals surface area contributed by atoms with Crippen molar-refractivity contribution in [2.75, 3.05) is 13.1 Å². The highest BCUT2D eigenvalue weighted by atomic mass is 32.2. The van der Waals surface area contributed by atoms with E-state index in [9.17, 15) is 14.5 Å². The highest BCUT2D eigenvalue weighted by Gasteiger charge is 2.52. The Kier molecular flexibility index (Phi) is 4.34. The third-order valence-electron chi connectivity index (χ3n) is 5.19. The molecular formula is C16H26N4O3S. The summed E-state index contributed by atoms with van der Waals surface area (Å²) in [6.07, 6.45) is 3.49. The molecule has 1 spiro atoms. The van der Waals surface area contributed by atoms with Crippen LogP contribution in [-0.2, 0) is 24.8 Å². The second-order valence-corrected chi connectivity index (χ2v) is 9.94. The number of nitrogens with one attached hydrogen (secondary N) is 1. The van der Waals surface area contributed by atoms with Crippen LogP contribution in [0.15, 0.2) is 6.20 Å². The minimum absolute atomic E-state index is 0.0443. The minimum atomic E-state index is -1.19. The van der Waals surface area contributed by atoms with E-state index in [1.54, 1.807) is 4.68 Å². The van der Waals surface area contributed by atoms with Crippen LogP contribution in [0.1, 0.15) is 50.9 Å². The standard InChI is InChI=1S/C16H26N4O3S/c1-15(2,3)24(23)18-13-11-10-19(4)17-12(11)9-16(13)5-7-20(8-6-16)14(21)22/h10,13,18H,5-9H2,1-4H3,(H,21,22)/t13-,24-/m1/s1. The summed E-state index contributed by atoms with van der Waals surface area (Å²) in [4.78, 5) is 12.7. The first-order valence-corrected chi connectivity index (χ1v) is 9.46. The van der Waals surface area contributed by atoms with Crippen molar-refractivity contribution in [1.82, 2.24) is 19.4 Å². The van der Waals surface area contributed by atoms with Gasteiger partial charge < -0.3 is 14.6 Å². The molecule has 2 N–H and O–H groups in total. The quantitative estimate of drug-likeness (QED) is 0.790. The fraction of sp³-hybridized carbons (Fsp3) is 0.750. The molecule has 0 unspecified atom stereocenters. The zero-order valence-corrected chi connectivity index (χ0v) is 15.5. The minimum Gasteiger partial charge on any atom is -0.598 e. The van der Waals surface area contributed by atoms with Crippen molar-refractivity contribution in [1.29, 1.82) is 0 Å². The molecule has 1 amide bonds. The zero-order valence-electron chi connectivity index (χ0n) is 14.7. The Hall–Kier alpha value is -1.25. The number of hydrogen-bond acceptors (Lipinski definition) is 4. The van der Waals surface area contributed by atoms with Gasteiger partial charge in [-0.15, -0.1) is 4.72 Å². The van der Waals surface area contributed by atoms with Crippen LogP contribution in [0.4, 0.5) is 4.79 Å². The monoisotopic (exact) mass is 354 g/mol. The Morgan fingerprint density at radius 3 is 2.62 bits per heavy atom. The Labute approximate surface area is 145 Å². The van der Waals surface area contributed by atoms with Crippen molar-refractivity contribution in [2.24, 2.45) is 12.5 Å². The second-order valence-electron chi connectivity index (χ2n) is 7.95. The second kappa shape index (κ2) is 5.93. The van der Waals surface area contributed by atoms with E-state index in [1.165, 1.54) is 4.90 Å². The molecular weight excluding hydrogens is 328 g/mol. The van der Waals surface area contributed by atoms with Gasteiger partial charge in [-0.25, -0.2) is 4.79 Å². The molecule has 1 aromatic rings. The maximum Gasteiger partial charge on any atom is 0.407 e. The predicted octanol–water partition coefficient (Wildman–Crippen LogP) is 1.83. The molecule has 1 fully saturated rings. The number of aryl methyl sites for hydroxylation is 1. The van der Waals surface area contributed by atoms with Gasteiger partial charge in [0.1, 0.15) is 4.75 Å². The van der Waals surface area contributed by atoms with E-state index in [-0.39, 0.29) is 16.2 Å². The van der Waals surface area contributed by atoms with E-state index < -0.39 is 17.5 Å². The maximum absolute atomic E-state index is 12.7. The normalized spacial score (nSPS) is 24.2. The summed E-state index contributed by atoms with van der Waals surface area (Å²) < 4.78 is 17.5. The van der Waals surface area contributed by atoms with Crippen molar-refractivity contribution < 1.29 is 14.5 Å². The summed E-state index contributed by atoms with van der Waals surface area (Å²) >= 11 is -1.19. The van der Waals surface area contributed by atoms with Gasteiger partial charge in [0.25, 0.3) is 0 Å². The van der Waals surface area contributed by atoms with Crippen LogP contribution >= 0.6 is 0 Å². The smallest absolute Gasteiger partial charge is 0.407 e. The van der Waals surface area contributed by atoms with Crippen molar-refractivity contribution in [2.45, 2.75) is 50.8 Å².